The molecule has 2 rings (SSSR count). The second-order valence-electron chi connectivity index (χ2n) is 7.16. The number of rotatable bonds is 10. The topological polar surface area (TPSA) is 26.3 Å². The zero-order chi connectivity index (χ0) is 19.0. The first-order valence-corrected chi connectivity index (χ1v) is 12.4. The third kappa shape index (κ3) is 5.15. The lowest BCUT2D eigenvalue weighted by Gasteiger charge is -2.36. The van der Waals surface area contributed by atoms with Crippen molar-refractivity contribution in [3.63, 3.8) is 0 Å². The highest BCUT2D eigenvalue weighted by molar-refractivity contribution is 6.73. The number of hydrogen-bond acceptors (Lipinski definition) is 2. The van der Waals surface area contributed by atoms with Gasteiger partial charge in [-0.25, -0.2) is 0 Å². The Labute approximate surface area is 159 Å². The Balaban J connectivity index is 2.24. The SMILES string of the molecule is CC[Si](CC)(CC)OC(c1ccccc1)C(C)CC(=O)c1ccccc1. The molecule has 0 radical (unpaired) electrons. The summed E-state index contributed by atoms with van der Waals surface area (Å²) in [7, 11) is -1.77. The van der Waals surface area contributed by atoms with E-state index in [1.807, 2.05) is 36.4 Å². The van der Waals surface area contributed by atoms with Crippen molar-refractivity contribution in [2.75, 3.05) is 0 Å². The van der Waals surface area contributed by atoms with E-state index >= 15 is 0 Å². The van der Waals surface area contributed by atoms with E-state index in [0.717, 1.165) is 23.7 Å². The first-order chi connectivity index (χ1) is 12.5. The van der Waals surface area contributed by atoms with Gasteiger partial charge in [0.05, 0.1) is 6.10 Å². The molecule has 0 aromatic heterocycles. The second kappa shape index (κ2) is 9.84. The fourth-order valence-corrected chi connectivity index (χ4v) is 6.47. The molecule has 0 heterocycles. The summed E-state index contributed by atoms with van der Waals surface area (Å²) in [6, 6.07) is 23.3. The van der Waals surface area contributed by atoms with Crippen molar-refractivity contribution in [1.82, 2.24) is 0 Å². The third-order valence-electron chi connectivity index (χ3n) is 5.56. The summed E-state index contributed by atoms with van der Waals surface area (Å²) < 4.78 is 6.86. The van der Waals surface area contributed by atoms with Crippen LogP contribution in [0.2, 0.25) is 18.1 Å². The second-order valence-corrected chi connectivity index (χ2v) is 11.9. The molecular formula is C23H32O2Si. The smallest absolute Gasteiger partial charge is 0.192 e. The van der Waals surface area contributed by atoms with Crippen LogP contribution in [-0.4, -0.2) is 14.1 Å². The van der Waals surface area contributed by atoms with Crippen molar-refractivity contribution in [3.8, 4) is 0 Å². The molecular weight excluding hydrogens is 336 g/mol. The maximum Gasteiger partial charge on any atom is 0.192 e. The van der Waals surface area contributed by atoms with Crippen molar-refractivity contribution in [3.05, 3.63) is 71.8 Å². The zero-order valence-electron chi connectivity index (χ0n) is 16.6. The van der Waals surface area contributed by atoms with Gasteiger partial charge in [-0.3, -0.25) is 4.79 Å². The minimum atomic E-state index is -1.77. The summed E-state index contributed by atoms with van der Waals surface area (Å²) in [5.74, 6) is 0.334. The van der Waals surface area contributed by atoms with Gasteiger partial charge in [0.25, 0.3) is 0 Å². The predicted molar refractivity (Wildman–Crippen MR) is 112 cm³/mol. The molecule has 0 fully saturated rings. The Bertz CT molecular complexity index is 657. The van der Waals surface area contributed by atoms with E-state index in [1.165, 1.54) is 5.56 Å². The molecule has 0 aliphatic carbocycles. The lowest BCUT2D eigenvalue weighted by molar-refractivity contribution is 0.0861. The molecule has 3 heteroatoms. The fourth-order valence-electron chi connectivity index (χ4n) is 3.57. The molecule has 0 N–H and O–H groups in total. The number of ketones is 1. The predicted octanol–water partition coefficient (Wildman–Crippen LogP) is 6.66. The monoisotopic (exact) mass is 368 g/mol. The van der Waals surface area contributed by atoms with E-state index in [0.29, 0.717) is 6.42 Å². The Morgan fingerprint density at radius 2 is 1.38 bits per heavy atom. The van der Waals surface area contributed by atoms with Crippen LogP contribution in [0.4, 0.5) is 0 Å². The third-order valence-corrected chi connectivity index (χ3v) is 10.2. The summed E-state index contributed by atoms with van der Waals surface area (Å²) in [5, 5.41) is 0. The average Bonchev–Trinajstić information content (AvgIpc) is 2.70. The minimum Gasteiger partial charge on any atom is -0.410 e. The van der Waals surface area contributed by atoms with Gasteiger partial charge in [0, 0.05) is 12.0 Å². The van der Waals surface area contributed by atoms with E-state index in [-0.39, 0.29) is 17.8 Å². The van der Waals surface area contributed by atoms with Gasteiger partial charge in [-0.05, 0) is 29.6 Å². The Hall–Kier alpha value is -1.71. The van der Waals surface area contributed by atoms with E-state index < -0.39 is 8.32 Å². The van der Waals surface area contributed by atoms with Gasteiger partial charge in [-0.2, -0.15) is 0 Å². The number of benzene rings is 2. The van der Waals surface area contributed by atoms with Crippen molar-refractivity contribution in [2.24, 2.45) is 5.92 Å². The normalized spacial score (nSPS) is 14.0. The Morgan fingerprint density at radius 3 is 1.88 bits per heavy atom. The number of Topliss-reactive ketones (excluding diaryl/α,β-unsaturated/α-hetero) is 1. The van der Waals surface area contributed by atoms with Crippen LogP contribution >= 0.6 is 0 Å². The molecule has 26 heavy (non-hydrogen) atoms. The molecule has 0 aliphatic rings. The van der Waals surface area contributed by atoms with Crippen LogP contribution in [-0.2, 0) is 4.43 Å². The summed E-state index contributed by atoms with van der Waals surface area (Å²) >= 11 is 0. The van der Waals surface area contributed by atoms with Crippen LogP contribution in [0, 0.1) is 5.92 Å². The van der Waals surface area contributed by atoms with Crippen LogP contribution in [0.15, 0.2) is 60.7 Å². The van der Waals surface area contributed by atoms with Crippen LogP contribution in [0.25, 0.3) is 0 Å². The minimum absolute atomic E-state index is 0.0182. The molecule has 2 atom stereocenters. The Morgan fingerprint density at radius 1 is 0.885 bits per heavy atom. The molecule has 2 aromatic carbocycles. The molecule has 0 aliphatic heterocycles. The molecule has 0 amide bonds. The first kappa shape index (κ1) is 20.6. The van der Waals surface area contributed by atoms with Gasteiger partial charge in [0.15, 0.2) is 14.1 Å². The van der Waals surface area contributed by atoms with E-state index in [1.54, 1.807) is 0 Å². The summed E-state index contributed by atoms with van der Waals surface area (Å²) in [5.41, 5.74) is 1.98. The standard InChI is InChI=1S/C23H32O2Si/c1-5-26(6-2,7-3)25-23(21-16-12-9-13-17-21)19(4)18-22(24)20-14-10-8-11-15-20/h8-17,19,23H,5-7,18H2,1-4H3. The summed E-state index contributed by atoms with van der Waals surface area (Å²) in [6.45, 7) is 8.90. The highest BCUT2D eigenvalue weighted by Crippen LogP contribution is 2.36. The molecule has 0 saturated carbocycles. The Kier molecular flexibility index (Phi) is 7.79. The van der Waals surface area contributed by atoms with Gasteiger partial charge in [0.2, 0.25) is 0 Å². The van der Waals surface area contributed by atoms with Crippen molar-refractivity contribution >= 4 is 14.1 Å². The first-order valence-electron chi connectivity index (χ1n) is 9.86. The summed E-state index contributed by atoms with van der Waals surface area (Å²) in [6.07, 6.45) is 0.487. The van der Waals surface area contributed by atoms with Gasteiger partial charge < -0.3 is 4.43 Å². The van der Waals surface area contributed by atoms with Gasteiger partial charge in [-0.15, -0.1) is 0 Å². The quantitative estimate of drug-likeness (QED) is 0.346. The van der Waals surface area contributed by atoms with E-state index in [4.69, 9.17) is 4.43 Å². The molecule has 140 valence electrons. The number of carbonyl (C=O) groups is 1. The number of hydrogen-bond donors (Lipinski definition) is 0. The maximum absolute atomic E-state index is 12.7. The highest BCUT2D eigenvalue weighted by Gasteiger charge is 2.35. The van der Waals surface area contributed by atoms with Gasteiger partial charge in [0.1, 0.15) is 0 Å². The van der Waals surface area contributed by atoms with Crippen LogP contribution in [0.3, 0.4) is 0 Å². The maximum atomic E-state index is 12.7. The number of carbonyl (C=O) groups excluding carboxylic acids is 1. The largest absolute Gasteiger partial charge is 0.410 e. The van der Waals surface area contributed by atoms with Crippen molar-refractivity contribution in [2.45, 2.75) is 58.4 Å². The van der Waals surface area contributed by atoms with Gasteiger partial charge >= 0.3 is 0 Å². The van der Waals surface area contributed by atoms with Crippen LogP contribution in [0.1, 0.15) is 56.1 Å². The van der Waals surface area contributed by atoms with Crippen molar-refractivity contribution in [1.29, 1.82) is 0 Å². The summed E-state index contributed by atoms with van der Waals surface area (Å²) in [4.78, 5) is 12.7. The zero-order valence-corrected chi connectivity index (χ0v) is 17.6. The molecule has 2 aromatic rings. The molecule has 0 spiro atoms. The highest BCUT2D eigenvalue weighted by atomic mass is 28.4. The lowest BCUT2D eigenvalue weighted by Crippen LogP contribution is -2.39. The molecule has 2 nitrogen and oxygen atoms in total. The van der Waals surface area contributed by atoms with E-state index in [2.05, 4.69) is 52.0 Å². The van der Waals surface area contributed by atoms with Crippen molar-refractivity contribution < 1.29 is 9.22 Å². The lowest BCUT2D eigenvalue weighted by atomic mass is 9.91. The van der Waals surface area contributed by atoms with Crippen LogP contribution < -0.4 is 0 Å². The van der Waals surface area contributed by atoms with Crippen LogP contribution in [0.5, 0.6) is 0 Å². The van der Waals surface area contributed by atoms with E-state index in [9.17, 15) is 4.79 Å². The average molecular weight is 369 g/mol. The molecule has 2 unspecified atom stereocenters. The molecule has 0 bridgehead atoms. The fraction of sp³-hybridized carbons (Fsp3) is 0.435. The molecule has 0 saturated heterocycles. The van der Waals surface area contributed by atoms with Gasteiger partial charge in [-0.1, -0.05) is 88.4 Å².